The third-order valence-electron chi connectivity index (χ3n) is 1.65. The Kier molecular flexibility index (Phi) is 2.47. The summed E-state index contributed by atoms with van der Waals surface area (Å²) in [7, 11) is 1.80. The SMILES string of the molecule is CCOC(=O)c1c(C)[nH]c[n+]1C. The van der Waals surface area contributed by atoms with Gasteiger partial charge in [0.05, 0.1) is 13.7 Å². The first-order valence-electron chi connectivity index (χ1n) is 3.87. The zero-order valence-electron chi connectivity index (χ0n) is 7.55. The summed E-state index contributed by atoms with van der Waals surface area (Å²) in [5.41, 5.74) is 1.41. The van der Waals surface area contributed by atoms with Gasteiger partial charge in [0.25, 0.3) is 5.69 Å². The van der Waals surface area contributed by atoms with Crippen molar-refractivity contribution in [2.24, 2.45) is 7.05 Å². The first-order chi connectivity index (χ1) is 5.66. The third-order valence-corrected chi connectivity index (χ3v) is 1.65. The molecule has 0 atom stereocenters. The Labute approximate surface area is 71.2 Å². The van der Waals surface area contributed by atoms with E-state index in [9.17, 15) is 4.79 Å². The molecule has 12 heavy (non-hydrogen) atoms. The van der Waals surface area contributed by atoms with Crippen molar-refractivity contribution in [3.8, 4) is 0 Å². The lowest BCUT2D eigenvalue weighted by Gasteiger charge is -1.97. The van der Waals surface area contributed by atoms with E-state index < -0.39 is 0 Å². The van der Waals surface area contributed by atoms with E-state index in [1.165, 1.54) is 0 Å². The van der Waals surface area contributed by atoms with Gasteiger partial charge in [0.1, 0.15) is 0 Å². The number of aryl methyl sites for hydroxylation is 2. The van der Waals surface area contributed by atoms with Crippen LogP contribution >= 0.6 is 0 Å². The minimum atomic E-state index is -0.279. The number of rotatable bonds is 2. The molecule has 0 aliphatic rings. The van der Waals surface area contributed by atoms with Crippen molar-refractivity contribution < 1.29 is 14.1 Å². The summed E-state index contributed by atoms with van der Waals surface area (Å²) in [4.78, 5) is 14.2. The second kappa shape index (κ2) is 3.38. The summed E-state index contributed by atoms with van der Waals surface area (Å²) in [6, 6.07) is 0. The summed E-state index contributed by atoms with van der Waals surface area (Å²) in [5.74, 6) is -0.279. The number of ether oxygens (including phenoxy) is 1. The first kappa shape index (κ1) is 8.77. The standard InChI is InChI=1S/C8H12N2O2/c1-4-12-8(11)7-6(2)9-5-10(7)3/h5H,4H2,1-3H3/p+1. The Morgan fingerprint density at radius 1 is 1.75 bits per heavy atom. The molecular weight excluding hydrogens is 156 g/mol. The summed E-state index contributed by atoms with van der Waals surface area (Å²) in [6.07, 6.45) is 1.72. The van der Waals surface area contributed by atoms with E-state index in [0.717, 1.165) is 5.69 Å². The number of nitrogens with zero attached hydrogens (tertiary/aromatic N) is 1. The summed E-state index contributed by atoms with van der Waals surface area (Å²) in [6.45, 7) is 4.04. The topological polar surface area (TPSA) is 46.0 Å². The van der Waals surface area contributed by atoms with Crippen LogP contribution in [-0.4, -0.2) is 17.6 Å². The quantitative estimate of drug-likeness (QED) is 0.512. The van der Waals surface area contributed by atoms with Crippen LogP contribution in [0.3, 0.4) is 0 Å². The van der Waals surface area contributed by atoms with E-state index in [1.807, 2.05) is 6.92 Å². The van der Waals surface area contributed by atoms with Crippen LogP contribution in [-0.2, 0) is 11.8 Å². The predicted molar refractivity (Wildman–Crippen MR) is 42.7 cm³/mol. The molecule has 1 aromatic rings. The molecule has 0 spiro atoms. The van der Waals surface area contributed by atoms with Gasteiger partial charge in [-0.1, -0.05) is 0 Å². The van der Waals surface area contributed by atoms with Crippen molar-refractivity contribution in [2.75, 3.05) is 6.61 Å². The smallest absolute Gasteiger partial charge is 0.382 e. The molecule has 0 aliphatic heterocycles. The lowest BCUT2D eigenvalue weighted by Crippen LogP contribution is -2.34. The minimum absolute atomic E-state index is 0.279. The van der Waals surface area contributed by atoms with Crippen LogP contribution in [0, 0.1) is 6.92 Å². The molecule has 0 unspecified atom stereocenters. The third kappa shape index (κ3) is 1.47. The van der Waals surface area contributed by atoms with Gasteiger partial charge in [0, 0.05) is 6.92 Å². The Bertz CT molecular complexity index is 272. The molecule has 0 amide bonds. The molecule has 1 N–H and O–H groups in total. The maximum absolute atomic E-state index is 11.3. The Balaban J connectivity index is 2.93. The second-order valence-corrected chi connectivity index (χ2v) is 2.58. The number of H-pyrrole nitrogens is 1. The van der Waals surface area contributed by atoms with E-state index in [0.29, 0.717) is 12.3 Å². The lowest BCUT2D eigenvalue weighted by molar-refractivity contribution is -0.672. The molecule has 1 rings (SSSR count). The van der Waals surface area contributed by atoms with Crippen molar-refractivity contribution >= 4 is 5.97 Å². The fraction of sp³-hybridized carbons (Fsp3) is 0.500. The fourth-order valence-electron chi connectivity index (χ4n) is 1.09. The van der Waals surface area contributed by atoms with Crippen LogP contribution in [0.5, 0.6) is 0 Å². The molecule has 0 fully saturated rings. The van der Waals surface area contributed by atoms with Crippen molar-refractivity contribution in [3.63, 3.8) is 0 Å². The van der Waals surface area contributed by atoms with Crippen LogP contribution in [0.25, 0.3) is 0 Å². The molecular formula is C8H13N2O2+. The van der Waals surface area contributed by atoms with Gasteiger partial charge in [-0.25, -0.2) is 14.3 Å². The molecule has 0 saturated carbocycles. The van der Waals surface area contributed by atoms with E-state index in [1.54, 1.807) is 24.9 Å². The number of hydrogen-bond acceptors (Lipinski definition) is 2. The molecule has 4 nitrogen and oxygen atoms in total. The van der Waals surface area contributed by atoms with E-state index >= 15 is 0 Å². The normalized spacial score (nSPS) is 9.92. The van der Waals surface area contributed by atoms with Gasteiger partial charge < -0.3 is 4.74 Å². The van der Waals surface area contributed by atoms with Gasteiger partial charge in [-0.3, -0.25) is 0 Å². The van der Waals surface area contributed by atoms with Gasteiger partial charge in [-0.05, 0) is 6.92 Å². The number of esters is 1. The van der Waals surface area contributed by atoms with Gasteiger partial charge in [-0.15, -0.1) is 0 Å². The first-order valence-corrected chi connectivity index (χ1v) is 3.87. The van der Waals surface area contributed by atoms with Gasteiger partial charge in [-0.2, -0.15) is 0 Å². The average molecular weight is 169 g/mol. The van der Waals surface area contributed by atoms with Crippen LogP contribution in [0.1, 0.15) is 23.1 Å². The molecule has 66 valence electrons. The number of aromatic amines is 1. The van der Waals surface area contributed by atoms with Gasteiger partial charge >= 0.3 is 5.97 Å². The molecule has 4 heteroatoms. The van der Waals surface area contributed by atoms with Crippen LogP contribution in [0.15, 0.2) is 6.33 Å². The van der Waals surface area contributed by atoms with E-state index in [2.05, 4.69) is 4.98 Å². The zero-order valence-corrected chi connectivity index (χ0v) is 7.55. The van der Waals surface area contributed by atoms with Gasteiger partial charge in [0.15, 0.2) is 5.69 Å². The number of aromatic nitrogens is 2. The molecule has 1 aromatic heterocycles. The molecule has 0 aliphatic carbocycles. The molecule has 0 bridgehead atoms. The van der Waals surface area contributed by atoms with E-state index in [4.69, 9.17) is 4.74 Å². The van der Waals surface area contributed by atoms with Gasteiger partial charge in [0.2, 0.25) is 6.33 Å². The largest absolute Gasteiger partial charge is 0.460 e. The highest BCUT2D eigenvalue weighted by Gasteiger charge is 2.20. The fourth-order valence-corrected chi connectivity index (χ4v) is 1.09. The van der Waals surface area contributed by atoms with Crippen LogP contribution in [0.4, 0.5) is 0 Å². The lowest BCUT2D eigenvalue weighted by atomic mass is 10.3. The highest BCUT2D eigenvalue weighted by molar-refractivity contribution is 5.86. The Hall–Kier alpha value is -1.32. The van der Waals surface area contributed by atoms with Crippen molar-refractivity contribution in [1.82, 2.24) is 4.98 Å². The Morgan fingerprint density at radius 2 is 2.42 bits per heavy atom. The highest BCUT2D eigenvalue weighted by atomic mass is 16.5. The maximum atomic E-state index is 11.3. The second-order valence-electron chi connectivity index (χ2n) is 2.58. The molecule has 1 heterocycles. The average Bonchev–Trinajstić information content (AvgIpc) is 2.32. The highest BCUT2D eigenvalue weighted by Crippen LogP contribution is 1.99. The summed E-state index contributed by atoms with van der Waals surface area (Å²) >= 11 is 0. The maximum Gasteiger partial charge on any atom is 0.382 e. The number of imidazole rings is 1. The monoisotopic (exact) mass is 169 g/mol. The zero-order chi connectivity index (χ0) is 9.14. The molecule has 0 radical (unpaired) electrons. The molecule has 0 aromatic carbocycles. The molecule has 0 saturated heterocycles. The van der Waals surface area contributed by atoms with Crippen molar-refractivity contribution in [2.45, 2.75) is 13.8 Å². The Morgan fingerprint density at radius 3 is 2.83 bits per heavy atom. The number of nitrogens with one attached hydrogen (secondary N) is 1. The number of carbonyl (C=O) groups excluding carboxylic acids is 1. The summed E-state index contributed by atoms with van der Waals surface area (Å²) < 4.78 is 6.58. The van der Waals surface area contributed by atoms with Crippen molar-refractivity contribution in [3.05, 3.63) is 17.7 Å². The number of hydrogen-bond donors (Lipinski definition) is 1. The van der Waals surface area contributed by atoms with Crippen LogP contribution in [0.2, 0.25) is 0 Å². The summed E-state index contributed by atoms with van der Waals surface area (Å²) in [5, 5.41) is 0. The minimum Gasteiger partial charge on any atom is -0.460 e. The predicted octanol–water partition coefficient (Wildman–Crippen LogP) is 0.324. The van der Waals surface area contributed by atoms with Crippen molar-refractivity contribution in [1.29, 1.82) is 0 Å². The van der Waals surface area contributed by atoms with Crippen LogP contribution < -0.4 is 4.57 Å². The number of carbonyl (C=O) groups is 1. The van der Waals surface area contributed by atoms with E-state index in [-0.39, 0.29) is 5.97 Å².